The van der Waals surface area contributed by atoms with Gasteiger partial charge in [0, 0.05) is 12.5 Å². The summed E-state index contributed by atoms with van der Waals surface area (Å²) in [4.78, 5) is 27.6. The maximum atomic E-state index is 13.1. The normalized spacial score (nSPS) is 27.8. The number of aromatic hydroxyl groups is 1. The fraction of sp³-hybridized carbons (Fsp3) is 0.556. The molecule has 32 heavy (non-hydrogen) atoms. The smallest absolute Gasteiger partial charge is 0.233 e. The predicted octanol–water partition coefficient (Wildman–Crippen LogP) is 5.10. The summed E-state index contributed by atoms with van der Waals surface area (Å²) < 4.78 is 6.28. The lowest BCUT2D eigenvalue weighted by atomic mass is 9.69. The molecule has 4 atom stereocenters. The van der Waals surface area contributed by atoms with Crippen molar-refractivity contribution in [2.75, 3.05) is 13.2 Å². The zero-order valence-corrected chi connectivity index (χ0v) is 19.5. The monoisotopic (exact) mass is 437 g/mol. The van der Waals surface area contributed by atoms with E-state index in [1.165, 1.54) is 21.6 Å². The number of rotatable bonds is 8. The van der Waals surface area contributed by atoms with Gasteiger partial charge in [-0.25, -0.2) is 0 Å². The molecule has 2 aliphatic heterocycles. The van der Waals surface area contributed by atoms with E-state index >= 15 is 0 Å². The van der Waals surface area contributed by atoms with E-state index in [2.05, 4.69) is 19.9 Å². The lowest BCUT2D eigenvalue weighted by molar-refractivity contribution is -0.140. The molecule has 2 saturated heterocycles. The van der Waals surface area contributed by atoms with E-state index in [0.29, 0.717) is 19.6 Å². The number of amides is 2. The van der Waals surface area contributed by atoms with E-state index in [-0.39, 0.29) is 41.4 Å². The number of phenols is 1. The van der Waals surface area contributed by atoms with Gasteiger partial charge in [-0.05, 0) is 61.8 Å². The Kier molecular flexibility index (Phi) is 6.85. The van der Waals surface area contributed by atoms with Crippen LogP contribution in [0.25, 0.3) is 6.08 Å². The number of ether oxygens (including phenoxy) is 1. The number of carbonyl (C=O) groups excluding carboxylic acids is 2. The molecule has 5 nitrogen and oxygen atoms in total. The van der Waals surface area contributed by atoms with Gasteiger partial charge in [0.25, 0.3) is 0 Å². The van der Waals surface area contributed by atoms with Crippen LogP contribution < -0.4 is 0 Å². The van der Waals surface area contributed by atoms with Crippen LogP contribution in [0.1, 0.15) is 64.9 Å². The van der Waals surface area contributed by atoms with Crippen LogP contribution in [0.2, 0.25) is 0 Å². The molecule has 1 N–H and O–H groups in total. The van der Waals surface area contributed by atoms with Crippen molar-refractivity contribution in [3.63, 3.8) is 0 Å². The minimum Gasteiger partial charge on any atom is -0.508 e. The molecule has 0 radical (unpaired) electrons. The molecule has 0 unspecified atom stereocenters. The Hall–Kier alpha value is -2.40. The third-order valence-electron chi connectivity index (χ3n) is 7.42. The zero-order valence-electron chi connectivity index (χ0n) is 19.5. The third kappa shape index (κ3) is 4.15. The van der Waals surface area contributed by atoms with E-state index in [0.717, 1.165) is 37.7 Å². The summed E-state index contributed by atoms with van der Waals surface area (Å²) in [6, 6.07) is 7.28. The second-order valence-corrected chi connectivity index (χ2v) is 9.29. The predicted molar refractivity (Wildman–Crippen MR) is 125 cm³/mol. The number of allylic oxidation sites excluding steroid dienone is 2. The fourth-order valence-corrected chi connectivity index (χ4v) is 5.79. The standard InChI is InChI=1S/C27H35NO4/c1-4-13-28-26(30)21-15-19(6-3)24-22(25(21)27(28)31)16-32-23(24)12-9-17(5-2)14-18-7-10-20(29)11-8-18/h7-8,10-11,14,21-23,25,29H,4-6,9,12-13,15-16H2,1-3H3/b17-14+/t21-,22+,23-,25-/m1/s1. The van der Waals surface area contributed by atoms with Gasteiger partial charge >= 0.3 is 0 Å². The minimum atomic E-state index is -0.234. The van der Waals surface area contributed by atoms with Crippen molar-refractivity contribution in [3.8, 4) is 5.75 Å². The van der Waals surface area contributed by atoms with Crippen LogP contribution in [0, 0.1) is 17.8 Å². The third-order valence-corrected chi connectivity index (χ3v) is 7.42. The number of likely N-dealkylation sites (tertiary alicyclic amines) is 1. The Bertz CT molecular complexity index is 929. The number of carbonyl (C=O) groups is 2. The SMILES string of the molecule is CCCN1C(=O)[C@@H]2[C@@H](CC(CC)=C3[C@@H](CC/C(=C/c4ccc(O)cc4)CC)OC[C@@H]32)C1=O. The number of nitrogens with zero attached hydrogens (tertiary/aromatic N) is 1. The van der Waals surface area contributed by atoms with E-state index in [1.54, 1.807) is 12.1 Å². The summed E-state index contributed by atoms with van der Waals surface area (Å²) in [5.74, 6) is -0.0512. The Balaban J connectivity index is 1.51. The first-order chi connectivity index (χ1) is 15.5. The summed E-state index contributed by atoms with van der Waals surface area (Å²) in [7, 11) is 0. The Morgan fingerprint density at radius 2 is 1.88 bits per heavy atom. The molecule has 2 amide bonds. The molecule has 1 aromatic rings. The molecular formula is C27H35NO4. The lowest BCUT2D eigenvalue weighted by Crippen LogP contribution is -2.34. The Morgan fingerprint density at radius 1 is 1.12 bits per heavy atom. The van der Waals surface area contributed by atoms with Crippen molar-refractivity contribution >= 4 is 17.9 Å². The first-order valence-electron chi connectivity index (χ1n) is 12.2. The van der Waals surface area contributed by atoms with Crippen LogP contribution in [-0.4, -0.2) is 41.1 Å². The van der Waals surface area contributed by atoms with Gasteiger partial charge in [0.2, 0.25) is 11.8 Å². The molecule has 1 aliphatic carbocycles. The molecule has 2 fully saturated rings. The van der Waals surface area contributed by atoms with Crippen LogP contribution in [0.5, 0.6) is 5.75 Å². The number of phenolic OH excluding ortho intramolecular Hbond substituents is 1. The summed E-state index contributed by atoms with van der Waals surface area (Å²) in [5, 5.41) is 9.51. The maximum absolute atomic E-state index is 13.1. The van der Waals surface area contributed by atoms with Crippen LogP contribution in [0.3, 0.4) is 0 Å². The van der Waals surface area contributed by atoms with E-state index in [4.69, 9.17) is 4.74 Å². The van der Waals surface area contributed by atoms with Gasteiger partial charge in [-0.15, -0.1) is 0 Å². The molecule has 2 heterocycles. The van der Waals surface area contributed by atoms with E-state index in [1.807, 2.05) is 19.1 Å². The summed E-state index contributed by atoms with van der Waals surface area (Å²) >= 11 is 0. The van der Waals surface area contributed by atoms with Crippen LogP contribution in [-0.2, 0) is 14.3 Å². The minimum absolute atomic E-state index is 0.0187. The molecule has 1 aromatic carbocycles. The van der Waals surface area contributed by atoms with Crippen LogP contribution >= 0.6 is 0 Å². The first kappa shape index (κ1) is 22.8. The van der Waals surface area contributed by atoms with E-state index < -0.39 is 0 Å². The van der Waals surface area contributed by atoms with Gasteiger partial charge < -0.3 is 9.84 Å². The van der Waals surface area contributed by atoms with Gasteiger partial charge in [0.1, 0.15) is 5.75 Å². The fourth-order valence-electron chi connectivity index (χ4n) is 5.79. The van der Waals surface area contributed by atoms with Gasteiger partial charge in [0.15, 0.2) is 0 Å². The maximum Gasteiger partial charge on any atom is 0.233 e. The number of hydrogen-bond acceptors (Lipinski definition) is 4. The molecule has 0 aromatic heterocycles. The van der Waals surface area contributed by atoms with Gasteiger partial charge in [-0.1, -0.05) is 50.1 Å². The van der Waals surface area contributed by atoms with Crippen LogP contribution in [0.4, 0.5) is 0 Å². The van der Waals surface area contributed by atoms with Gasteiger partial charge in [-0.2, -0.15) is 0 Å². The molecule has 0 saturated carbocycles. The quantitative estimate of drug-likeness (QED) is 0.454. The zero-order chi connectivity index (χ0) is 22.8. The Morgan fingerprint density at radius 3 is 2.53 bits per heavy atom. The highest BCUT2D eigenvalue weighted by Crippen LogP contribution is 2.50. The first-order valence-corrected chi connectivity index (χ1v) is 12.2. The molecule has 4 rings (SSSR count). The highest BCUT2D eigenvalue weighted by atomic mass is 16.5. The molecule has 5 heteroatoms. The van der Waals surface area contributed by atoms with Crippen molar-refractivity contribution in [2.45, 2.75) is 65.4 Å². The van der Waals surface area contributed by atoms with Crippen molar-refractivity contribution in [1.82, 2.24) is 4.90 Å². The van der Waals surface area contributed by atoms with Crippen molar-refractivity contribution in [2.24, 2.45) is 17.8 Å². The second kappa shape index (κ2) is 9.62. The average Bonchev–Trinajstić information content (AvgIpc) is 3.32. The molecule has 172 valence electrons. The Labute approximate surface area is 191 Å². The van der Waals surface area contributed by atoms with E-state index in [9.17, 15) is 14.7 Å². The number of benzene rings is 1. The van der Waals surface area contributed by atoms with Crippen molar-refractivity contribution < 1.29 is 19.4 Å². The second-order valence-electron chi connectivity index (χ2n) is 9.29. The highest BCUT2D eigenvalue weighted by molar-refractivity contribution is 6.05. The number of fused-ring (bicyclic) bond motifs is 3. The van der Waals surface area contributed by atoms with Crippen molar-refractivity contribution in [3.05, 3.63) is 46.5 Å². The number of imide groups is 1. The summed E-state index contributed by atoms with van der Waals surface area (Å²) in [6.45, 7) is 7.41. The van der Waals surface area contributed by atoms with Crippen molar-refractivity contribution in [1.29, 1.82) is 0 Å². The highest BCUT2D eigenvalue weighted by Gasteiger charge is 2.56. The summed E-state index contributed by atoms with van der Waals surface area (Å²) in [6.07, 6.45) is 7.43. The summed E-state index contributed by atoms with van der Waals surface area (Å²) in [5.41, 5.74) is 5.08. The van der Waals surface area contributed by atoms with Gasteiger partial charge in [-0.3, -0.25) is 14.5 Å². The van der Waals surface area contributed by atoms with Crippen LogP contribution in [0.15, 0.2) is 41.0 Å². The largest absolute Gasteiger partial charge is 0.508 e. The number of hydrogen-bond donors (Lipinski definition) is 1. The lowest BCUT2D eigenvalue weighted by Gasteiger charge is -2.31. The molecule has 0 bridgehead atoms. The molecular weight excluding hydrogens is 402 g/mol. The average molecular weight is 438 g/mol. The van der Waals surface area contributed by atoms with Gasteiger partial charge in [0.05, 0.1) is 24.5 Å². The topological polar surface area (TPSA) is 66.8 Å². The molecule has 3 aliphatic rings. The molecule has 0 spiro atoms.